The highest BCUT2D eigenvalue weighted by Gasteiger charge is 2.02. The van der Waals surface area contributed by atoms with Crippen molar-refractivity contribution in [1.29, 1.82) is 0 Å². The summed E-state index contributed by atoms with van der Waals surface area (Å²) in [5.74, 6) is 0. The summed E-state index contributed by atoms with van der Waals surface area (Å²) < 4.78 is 0. The van der Waals surface area contributed by atoms with Crippen LogP contribution in [0, 0.1) is 0 Å². The van der Waals surface area contributed by atoms with Gasteiger partial charge in [0.25, 0.3) is 0 Å². The Bertz CT molecular complexity index is 192. The van der Waals surface area contributed by atoms with Gasteiger partial charge < -0.3 is 0 Å². The van der Waals surface area contributed by atoms with Gasteiger partial charge in [-0.3, -0.25) is 9.98 Å². The minimum atomic E-state index is 0.414. The summed E-state index contributed by atoms with van der Waals surface area (Å²) in [5, 5.41) is 0. The van der Waals surface area contributed by atoms with Gasteiger partial charge in [0.1, 0.15) is 0 Å². The summed E-state index contributed by atoms with van der Waals surface area (Å²) >= 11 is 0. The Morgan fingerprint density at radius 1 is 0.857 bits per heavy atom. The predicted molar refractivity (Wildman–Crippen MR) is 65.7 cm³/mol. The van der Waals surface area contributed by atoms with Crippen LogP contribution in [0.1, 0.15) is 54.4 Å². The molecule has 0 heterocycles. The van der Waals surface area contributed by atoms with Gasteiger partial charge in [0.05, 0.1) is 11.4 Å². The Hall–Kier alpha value is -0.660. The Kier molecular flexibility index (Phi) is 6.43. The number of hydrogen-bond acceptors (Lipinski definition) is 2. The molecule has 0 unspecified atom stereocenters. The van der Waals surface area contributed by atoms with Gasteiger partial charge in [-0.05, 0) is 40.5 Å². The normalized spacial score (nSPS) is 18.1. The smallest absolute Gasteiger partial charge is 0.0527 e. The van der Waals surface area contributed by atoms with Gasteiger partial charge in [0.2, 0.25) is 0 Å². The van der Waals surface area contributed by atoms with Gasteiger partial charge in [-0.1, -0.05) is 13.8 Å². The van der Waals surface area contributed by atoms with Gasteiger partial charge in [0, 0.05) is 12.1 Å². The predicted octanol–water partition coefficient (Wildman–Crippen LogP) is 3.51. The summed E-state index contributed by atoms with van der Waals surface area (Å²) in [7, 11) is 0. The molecular formula is C12H24N2. The molecule has 0 aromatic heterocycles. The molecule has 0 aliphatic heterocycles. The summed E-state index contributed by atoms with van der Waals surface area (Å²) in [6, 6.07) is 0.828. The van der Waals surface area contributed by atoms with E-state index in [1.807, 2.05) is 13.8 Å². The van der Waals surface area contributed by atoms with Gasteiger partial charge in [0.15, 0.2) is 0 Å². The Morgan fingerprint density at radius 3 is 1.36 bits per heavy atom. The van der Waals surface area contributed by atoms with E-state index in [0.717, 1.165) is 24.3 Å². The zero-order valence-corrected chi connectivity index (χ0v) is 10.5. The molecular weight excluding hydrogens is 172 g/mol. The summed E-state index contributed by atoms with van der Waals surface area (Å²) in [4.78, 5) is 9.14. The van der Waals surface area contributed by atoms with Crippen molar-refractivity contribution in [3.05, 3.63) is 0 Å². The molecule has 2 atom stereocenters. The largest absolute Gasteiger partial charge is 0.285 e. The highest BCUT2D eigenvalue weighted by atomic mass is 14.8. The number of rotatable bonds is 5. The van der Waals surface area contributed by atoms with Crippen LogP contribution < -0.4 is 0 Å². The molecule has 0 N–H and O–H groups in total. The Balaban J connectivity index is 4.44. The van der Waals surface area contributed by atoms with Crippen LogP contribution in [0.3, 0.4) is 0 Å². The lowest BCUT2D eigenvalue weighted by Crippen LogP contribution is -2.12. The van der Waals surface area contributed by atoms with Gasteiger partial charge >= 0.3 is 0 Å². The molecule has 0 fully saturated rings. The molecule has 0 saturated carbocycles. The molecule has 0 aliphatic carbocycles. The lowest BCUT2D eigenvalue weighted by molar-refractivity contribution is 0.712. The molecule has 0 bridgehead atoms. The second-order valence-electron chi connectivity index (χ2n) is 3.94. The number of aliphatic imine (C=N–C) groups is 2. The van der Waals surface area contributed by atoms with Gasteiger partial charge in [-0.15, -0.1) is 0 Å². The summed E-state index contributed by atoms with van der Waals surface area (Å²) in [6.45, 7) is 12.7. The van der Waals surface area contributed by atoms with Crippen LogP contribution in [0.5, 0.6) is 0 Å². The monoisotopic (exact) mass is 196 g/mol. The minimum Gasteiger partial charge on any atom is -0.285 e. The van der Waals surface area contributed by atoms with Crippen molar-refractivity contribution >= 4 is 11.4 Å². The molecule has 2 heteroatoms. The lowest BCUT2D eigenvalue weighted by atomic mass is 10.2. The van der Waals surface area contributed by atoms with Crippen molar-refractivity contribution in [2.45, 2.75) is 66.5 Å². The first kappa shape index (κ1) is 13.3. The first-order chi connectivity index (χ1) is 6.51. The van der Waals surface area contributed by atoms with Crippen molar-refractivity contribution in [2.24, 2.45) is 9.98 Å². The van der Waals surface area contributed by atoms with Crippen LogP contribution in [0.4, 0.5) is 0 Å². The minimum absolute atomic E-state index is 0.414. The van der Waals surface area contributed by atoms with E-state index < -0.39 is 0 Å². The molecule has 0 spiro atoms. The van der Waals surface area contributed by atoms with E-state index in [-0.39, 0.29) is 0 Å². The van der Waals surface area contributed by atoms with E-state index >= 15 is 0 Å². The number of hydrogen-bond donors (Lipinski definition) is 0. The standard InChI is InChI=1S/C12H24N2/c1-7-9(3)13-11(5)12(6)14-10(4)8-2/h9-10H,7-8H2,1-6H3/t9-,10-/m1/s1. The van der Waals surface area contributed by atoms with Crippen molar-refractivity contribution < 1.29 is 0 Å². The third-order valence-electron chi connectivity index (χ3n) is 2.53. The molecule has 0 aromatic carbocycles. The average molecular weight is 196 g/mol. The van der Waals surface area contributed by atoms with Gasteiger partial charge in [-0.2, -0.15) is 0 Å². The molecule has 0 rings (SSSR count). The molecule has 82 valence electrons. The van der Waals surface area contributed by atoms with Gasteiger partial charge in [-0.25, -0.2) is 0 Å². The fraction of sp³-hybridized carbons (Fsp3) is 0.833. The van der Waals surface area contributed by atoms with E-state index in [9.17, 15) is 0 Å². The van der Waals surface area contributed by atoms with Crippen molar-refractivity contribution in [3.63, 3.8) is 0 Å². The zero-order valence-electron chi connectivity index (χ0n) is 10.5. The van der Waals surface area contributed by atoms with E-state index in [1.165, 1.54) is 0 Å². The summed E-state index contributed by atoms with van der Waals surface area (Å²) in [6.07, 6.45) is 2.18. The van der Waals surface area contributed by atoms with E-state index in [2.05, 4.69) is 37.7 Å². The Morgan fingerprint density at radius 2 is 1.14 bits per heavy atom. The second kappa shape index (κ2) is 6.74. The highest BCUT2D eigenvalue weighted by Crippen LogP contribution is 2.00. The Labute approximate surface area is 88.5 Å². The molecule has 14 heavy (non-hydrogen) atoms. The maximum Gasteiger partial charge on any atom is 0.0527 e. The lowest BCUT2D eigenvalue weighted by Gasteiger charge is -2.08. The quantitative estimate of drug-likeness (QED) is 0.601. The van der Waals surface area contributed by atoms with Crippen LogP contribution in [0.25, 0.3) is 0 Å². The average Bonchev–Trinajstić information content (AvgIpc) is 2.17. The highest BCUT2D eigenvalue weighted by molar-refractivity contribution is 6.40. The van der Waals surface area contributed by atoms with Crippen molar-refractivity contribution in [2.75, 3.05) is 0 Å². The molecule has 0 amide bonds. The maximum absolute atomic E-state index is 4.57. The fourth-order valence-electron chi connectivity index (χ4n) is 1.03. The molecule has 0 saturated heterocycles. The van der Waals surface area contributed by atoms with Crippen molar-refractivity contribution in [3.8, 4) is 0 Å². The van der Waals surface area contributed by atoms with Crippen LogP contribution >= 0.6 is 0 Å². The topological polar surface area (TPSA) is 24.7 Å². The fourth-order valence-corrected chi connectivity index (χ4v) is 1.03. The molecule has 0 aromatic rings. The third kappa shape index (κ3) is 5.15. The maximum atomic E-state index is 4.57. The summed E-state index contributed by atoms with van der Waals surface area (Å²) in [5.41, 5.74) is 2.17. The SMILES string of the molecule is CC[C@@H](C)N=C(C)C(C)=N[C@H](C)CC. The molecule has 2 nitrogen and oxygen atoms in total. The van der Waals surface area contributed by atoms with Crippen molar-refractivity contribution in [1.82, 2.24) is 0 Å². The van der Waals surface area contributed by atoms with E-state index in [0.29, 0.717) is 12.1 Å². The third-order valence-corrected chi connectivity index (χ3v) is 2.53. The first-order valence-corrected chi connectivity index (χ1v) is 5.60. The molecule has 0 radical (unpaired) electrons. The second-order valence-corrected chi connectivity index (χ2v) is 3.94. The first-order valence-electron chi connectivity index (χ1n) is 5.60. The zero-order chi connectivity index (χ0) is 11.1. The van der Waals surface area contributed by atoms with E-state index in [1.54, 1.807) is 0 Å². The van der Waals surface area contributed by atoms with Crippen LogP contribution in [-0.4, -0.2) is 23.5 Å². The van der Waals surface area contributed by atoms with Crippen LogP contribution in [0.2, 0.25) is 0 Å². The molecule has 0 aliphatic rings. The van der Waals surface area contributed by atoms with E-state index in [4.69, 9.17) is 0 Å². The van der Waals surface area contributed by atoms with Crippen LogP contribution in [0.15, 0.2) is 9.98 Å². The van der Waals surface area contributed by atoms with Crippen LogP contribution in [-0.2, 0) is 0 Å². The number of nitrogens with zero attached hydrogens (tertiary/aromatic N) is 2.